The quantitative estimate of drug-likeness (QED) is 0.0955. The van der Waals surface area contributed by atoms with E-state index in [0.29, 0.717) is 5.89 Å². The summed E-state index contributed by atoms with van der Waals surface area (Å²) in [5, 5.41) is 14.5. The minimum atomic E-state index is 0. The van der Waals surface area contributed by atoms with Gasteiger partial charge in [0.1, 0.15) is 5.58 Å². The van der Waals surface area contributed by atoms with E-state index in [1.807, 2.05) is 69.4 Å². The van der Waals surface area contributed by atoms with Gasteiger partial charge in [-0.2, -0.15) is 11.3 Å². The van der Waals surface area contributed by atoms with E-state index in [4.69, 9.17) is 9.40 Å². The van der Waals surface area contributed by atoms with Crippen LogP contribution in [0.4, 0.5) is 0 Å². The molecule has 1 radical (unpaired) electrons. The predicted molar refractivity (Wildman–Crippen MR) is 173 cm³/mol. The number of carbonyl (C=O) groups excluding carboxylic acids is 1. The van der Waals surface area contributed by atoms with Crippen LogP contribution in [0.3, 0.4) is 0 Å². The normalized spacial score (nSPS) is 11.8. The number of rotatable bonds is 8. The summed E-state index contributed by atoms with van der Waals surface area (Å²) in [6.07, 6.45) is 4.91. The van der Waals surface area contributed by atoms with E-state index in [2.05, 4.69) is 48.5 Å². The molecule has 6 aromatic rings. The Hall–Kier alpha value is -3.31. The molecule has 0 fully saturated rings. The first-order valence-corrected chi connectivity index (χ1v) is 15.4. The molecule has 2 aromatic heterocycles. The Labute approximate surface area is 264 Å². The van der Waals surface area contributed by atoms with Gasteiger partial charge in [0, 0.05) is 42.7 Å². The zero-order valence-corrected chi connectivity index (χ0v) is 27.7. The molecule has 0 aliphatic carbocycles. The second kappa shape index (κ2) is 14.2. The van der Waals surface area contributed by atoms with Gasteiger partial charge < -0.3 is 9.52 Å². The number of thiophene rings is 1. The molecule has 0 saturated heterocycles. The Morgan fingerprint density at radius 2 is 1.50 bits per heavy atom. The van der Waals surface area contributed by atoms with Crippen LogP contribution in [0.2, 0.25) is 0 Å². The summed E-state index contributed by atoms with van der Waals surface area (Å²) < 4.78 is 8.62. The largest absolute Gasteiger partial charge is 0.512 e. The molecule has 0 amide bonds. The van der Waals surface area contributed by atoms with E-state index in [9.17, 15) is 9.90 Å². The van der Waals surface area contributed by atoms with Crippen molar-refractivity contribution in [1.82, 2.24) is 4.98 Å². The van der Waals surface area contributed by atoms with Crippen LogP contribution in [-0.2, 0) is 24.9 Å². The number of hydrogen-bond acceptors (Lipinski definition) is 5. The van der Waals surface area contributed by atoms with Gasteiger partial charge in [0.25, 0.3) is 0 Å². The Bertz CT molecular complexity index is 1810. The molecule has 42 heavy (non-hydrogen) atoms. The fourth-order valence-corrected chi connectivity index (χ4v) is 6.64. The third-order valence-electron chi connectivity index (χ3n) is 7.87. The minimum Gasteiger partial charge on any atom is -0.512 e. The summed E-state index contributed by atoms with van der Waals surface area (Å²) in [5.41, 5.74) is 2.61. The van der Waals surface area contributed by atoms with Crippen molar-refractivity contribution in [2.75, 3.05) is 0 Å². The van der Waals surface area contributed by atoms with Gasteiger partial charge in [-0.05, 0) is 54.0 Å². The number of allylic oxidation sites excluding steroid dienone is 2. The Morgan fingerprint density at radius 1 is 0.881 bits per heavy atom. The van der Waals surface area contributed by atoms with Crippen molar-refractivity contribution in [2.45, 2.75) is 53.4 Å². The number of ketones is 1. The molecule has 1 N–H and O–H groups in total. The van der Waals surface area contributed by atoms with E-state index < -0.39 is 0 Å². The van der Waals surface area contributed by atoms with Crippen LogP contribution in [0.25, 0.3) is 53.5 Å². The smallest absolute Gasteiger partial charge is 0.162 e. The second-order valence-corrected chi connectivity index (χ2v) is 11.4. The molecule has 0 unspecified atom stereocenters. The molecule has 219 valence electrons. The number of aromatic nitrogens is 1. The summed E-state index contributed by atoms with van der Waals surface area (Å²) in [7, 11) is 0. The summed E-state index contributed by atoms with van der Waals surface area (Å²) in [6, 6.07) is 28.4. The fraction of sp³-hybridized carbons (Fsp3) is 0.278. The molecular formula is C36H36IrNO3S-. The maximum Gasteiger partial charge on any atom is 0.162 e. The molecule has 0 aliphatic heterocycles. The zero-order chi connectivity index (χ0) is 28.9. The molecule has 0 aliphatic rings. The topological polar surface area (TPSA) is 63.3 Å². The number of aliphatic hydroxyl groups excluding tert-OH is 1. The molecule has 4 aromatic carbocycles. The SMILES string of the molecule is CCC(CC)C(=O)/C=C(\O)C(CC)CC.[Ir].[c-]1c(-c2nc3ccccc3o2)c2c3ccccc3sc2c2ccccc12. The van der Waals surface area contributed by atoms with E-state index in [0.717, 1.165) is 47.7 Å². The third-order valence-corrected chi connectivity index (χ3v) is 9.07. The summed E-state index contributed by atoms with van der Waals surface area (Å²) in [5.74, 6) is 1.18. The molecule has 6 heteroatoms. The number of aliphatic hydroxyl groups is 1. The molecule has 0 spiro atoms. The van der Waals surface area contributed by atoms with Gasteiger partial charge in [-0.25, -0.2) is 4.98 Å². The zero-order valence-electron chi connectivity index (χ0n) is 24.4. The molecule has 0 saturated carbocycles. The summed E-state index contributed by atoms with van der Waals surface area (Å²) in [6.45, 7) is 8.07. The second-order valence-electron chi connectivity index (χ2n) is 10.3. The van der Waals surface area contributed by atoms with Crippen LogP contribution >= 0.6 is 11.3 Å². The molecule has 0 bridgehead atoms. The van der Waals surface area contributed by atoms with Gasteiger partial charge >= 0.3 is 0 Å². The predicted octanol–water partition coefficient (Wildman–Crippen LogP) is 10.7. The van der Waals surface area contributed by atoms with E-state index in [1.54, 1.807) is 0 Å². The first-order chi connectivity index (χ1) is 20.0. The van der Waals surface area contributed by atoms with Crippen molar-refractivity contribution < 1.29 is 34.4 Å². The Morgan fingerprint density at radius 3 is 2.19 bits per heavy atom. The summed E-state index contributed by atoms with van der Waals surface area (Å²) in [4.78, 5) is 16.4. The van der Waals surface area contributed by atoms with E-state index in [-0.39, 0.29) is 43.5 Å². The van der Waals surface area contributed by atoms with Crippen molar-refractivity contribution in [3.63, 3.8) is 0 Å². The Kier molecular flexibility index (Phi) is 10.7. The number of hydrogen-bond donors (Lipinski definition) is 1. The van der Waals surface area contributed by atoms with Crippen molar-refractivity contribution >= 4 is 59.2 Å². The average Bonchev–Trinajstić information content (AvgIpc) is 3.61. The van der Waals surface area contributed by atoms with Gasteiger partial charge in [0.2, 0.25) is 0 Å². The van der Waals surface area contributed by atoms with Crippen molar-refractivity contribution in [2.24, 2.45) is 11.8 Å². The standard InChI is InChI=1S/C23H12NOS.C13H24O2.Ir/c1-2-8-15-14(7-1)13-17(23-24-18-10-4-5-11-19(18)25-23)21-16-9-3-6-12-20(16)26-22(15)21;1-5-10(6-2)12(14)9-13(15)11(7-3)8-4;/h1-12H;9-11,14H,5-8H2,1-4H3;/q-1;;/b;12-9-;. The molecule has 2 heterocycles. The van der Waals surface area contributed by atoms with Crippen molar-refractivity contribution in [1.29, 1.82) is 0 Å². The van der Waals surface area contributed by atoms with Gasteiger partial charge in [-0.1, -0.05) is 92.6 Å². The van der Waals surface area contributed by atoms with Crippen LogP contribution in [0.5, 0.6) is 0 Å². The first-order valence-electron chi connectivity index (χ1n) is 14.5. The fourth-order valence-electron chi connectivity index (χ4n) is 5.39. The van der Waals surface area contributed by atoms with Gasteiger partial charge in [-0.15, -0.1) is 17.5 Å². The number of para-hydroxylation sites is 2. The number of benzene rings is 4. The number of nitrogens with zero attached hydrogens (tertiary/aromatic N) is 1. The minimum absolute atomic E-state index is 0. The number of fused-ring (bicyclic) bond motifs is 6. The number of oxazole rings is 1. The molecular weight excluding hydrogens is 719 g/mol. The molecule has 4 nitrogen and oxygen atoms in total. The summed E-state index contributed by atoms with van der Waals surface area (Å²) >= 11 is 1.82. The van der Waals surface area contributed by atoms with E-state index >= 15 is 0 Å². The monoisotopic (exact) mass is 755 g/mol. The van der Waals surface area contributed by atoms with Crippen molar-refractivity contribution in [3.05, 3.63) is 90.7 Å². The van der Waals surface area contributed by atoms with Crippen LogP contribution < -0.4 is 0 Å². The molecule has 6 rings (SSSR count). The van der Waals surface area contributed by atoms with Crippen molar-refractivity contribution in [3.8, 4) is 11.5 Å². The van der Waals surface area contributed by atoms with Gasteiger partial charge in [0.05, 0.1) is 11.3 Å². The number of carbonyl (C=O) groups is 1. The van der Waals surface area contributed by atoms with Crippen LogP contribution in [0.15, 0.2) is 89.0 Å². The van der Waals surface area contributed by atoms with E-state index in [1.165, 1.54) is 31.6 Å². The maximum atomic E-state index is 11.7. The first kappa shape index (κ1) is 31.6. The van der Waals surface area contributed by atoms with Crippen LogP contribution in [0, 0.1) is 17.9 Å². The van der Waals surface area contributed by atoms with Gasteiger partial charge in [-0.3, -0.25) is 4.79 Å². The Balaban J connectivity index is 0.000000221. The molecule has 0 atom stereocenters. The van der Waals surface area contributed by atoms with Crippen LogP contribution in [0.1, 0.15) is 53.4 Å². The average molecular weight is 755 g/mol. The maximum absolute atomic E-state index is 11.7. The van der Waals surface area contributed by atoms with Crippen LogP contribution in [-0.4, -0.2) is 15.9 Å². The third kappa shape index (κ3) is 6.36. The van der Waals surface area contributed by atoms with Gasteiger partial charge in [0.15, 0.2) is 11.7 Å².